The lowest BCUT2D eigenvalue weighted by molar-refractivity contribution is 0.592. The van der Waals surface area contributed by atoms with E-state index in [4.69, 9.17) is 4.98 Å². The highest BCUT2D eigenvalue weighted by molar-refractivity contribution is 7.85. The fraction of sp³-hybridized carbons (Fsp3) is 0. The van der Waals surface area contributed by atoms with Crippen LogP contribution in [0, 0.1) is 0 Å². The molecule has 0 radical (unpaired) electrons. The maximum Gasteiger partial charge on any atom is 0.172 e. The Morgan fingerprint density at radius 1 is 0.405 bits per heavy atom. The number of pyridine rings is 1. The van der Waals surface area contributed by atoms with E-state index in [2.05, 4.69) is 78.9 Å². The summed E-state index contributed by atoms with van der Waals surface area (Å²) >= 11 is 0. The monoisotopic (exact) mass is 555 g/mol. The minimum atomic E-state index is -3.11. The van der Waals surface area contributed by atoms with Gasteiger partial charge in [0.15, 0.2) is 7.14 Å². The molecule has 0 atom stereocenters. The lowest BCUT2D eigenvalue weighted by atomic mass is 9.89. The first-order chi connectivity index (χ1) is 20.7. The third kappa shape index (κ3) is 3.80. The van der Waals surface area contributed by atoms with Crippen molar-refractivity contribution in [2.24, 2.45) is 0 Å². The Labute approximate surface area is 244 Å². The number of rotatable bonds is 4. The van der Waals surface area contributed by atoms with Crippen LogP contribution in [0.2, 0.25) is 0 Å². The van der Waals surface area contributed by atoms with Gasteiger partial charge in [0, 0.05) is 27.7 Å². The third-order valence-corrected chi connectivity index (χ3v) is 11.4. The van der Waals surface area contributed by atoms with Gasteiger partial charge in [-0.1, -0.05) is 133 Å². The molecule has 0 bridgehead atoms. The summed E-state index contributed by atoms with van der Waals surface area (Å²) in [5.74, 6) is 0. The molecule has 2 nitrogen and oxygen atoms in total. The molecule has 0 N–H and O–H groups in total. The average molecular weight is 556 g/mol. The second kappa shape index (κ2) is 9.80. The zero-order valence-electron chi connectivity index (χ0n) is 22.8. The number of hydrogen-bond acceptors (Lipinski definition) is 2. The van der Waals surface area contributed by atoms with Crippen LogP contribution in [0.1, 0.15) is 0 Å². The molecule has 198 valence electrons. The number of hydrogen-bond donors (Lipinski definition) is 0. The van der Waals surface area contributed by atoms with Crippen LogP contribution in [-0.2, 0) is 4.57 Å². The highest BCUT2D eigenvalue weighted by Gasteiger charge is 2.30. The summed E-state index contributed by atoms with van der Waals surface area (Å²) in [6.45, 7) is 0. The quantitative estimate of drug-likeness (QED) is 0.123. The Hall–Kier alpha value is -5.04. The summed E-state index contributed by atoms with van der Waals surface area (Å²) in [4.78, 5) is 5.05. The van der Waals surface area contributed by atoms with Crippen molar-refractivity contribution in [2.45, 2.75) is 0 Å². The molecule has 0 aliphatic carbocycles. The van der Waals surface area contributed by atoms with Crippen molar-refractivity contribution in [1.29, 1.82) is 0 Å². The first-order valence-electron chi connectivity index (χ1n) is 14.2. The van der Waals surface area contributed by atoms with Gasteiger partial charge in [-0.05, 0) is 61.3 Å². The number of aromatic nitrogens is 1. The summed E-state index contributed by atoms with van der Waals surface area (Å²) in [7, 11) is -3.11. The molecular formula is C39H26NOP. The van der Waals surface area contributed by atoms with E-state index in [0.717, 1.165) is 37.9 Å². The number of benzene rings is 7. The fourth-order valence-electron chi connectivity index (χ4n) is 6.35. The minimum Gasteiger partial charge on any atom is -0.309 e. The second-order valence-electron chi connectivity index (χ2n) is 10.7. The molecule has 3 heteroatoms. The highest BCUT2D eigenvalue weighted by atomic mass is 31.2. The molecule has 1 aromatic heterocycles. The standard InChI is InChI=1S/C39H26NOP/c41-42(29-13-3-1-4-14-29,30-15-5-2-6-16-30)31-21-24-38(40-26-31)39-34-22-19-27-11-7-9-17-32(27)36(34)25-37-33-18-10-8-12-28(33)20-23-35(37)39/h1-26H. The van der Waals surface area contributed by atoms with E-state index >= 15 is 0 Å². The van der Waals surface area contributed by atoms with Crippen LogP contribution in [0.3, 0.4) is 0 Å². The average Bonchev–Trinajstić information content (AvgIpc) is 3.07. The van der Waals surface area contributed by atoms with E-state index in [1.807, 2.05) is 79.0 Å². The maximum atomic E-state index is 14.9. The molecule has 0 aliphatic rings. The summed E-state index contributed by atoms with van der Waals surface area (Å²) in [6, 6.07) is 51.9. The molecule has 8 aromatic rings. The third-order valence-electron chi connectivity index (χ3n) is 8.38. The molecule has 42 heavy (non-hydrogen) atoms. The predicted octanol–water partition coefficient (Wildman–Crippen LogP) is 9.00. The van der Waals surface area contributed by atoms with Crippen LogP contribution in [0.25, 0.3) is 54.3 Å². The molecule has 0 fully saturated rings. The van der Waals surface area contributed by atoms with E-state index in [9.17, 15) is 4.57 Å². The van der Waals surface area contributed by atoms with E-state index < -0.39 is 7.14 Å². The van der Waals surface area contributed by atoms with Gasteiger partial charge in [-0.25, -0.2) is 0 Å². The van der Waals surface area contributed by atoms with Gasteiger partial charge in [-0.2, -0.15) is 0 Å². The van der Waals surface area contributed by atoms with Gasteiger partial charge >= 0.3 is 0 Å². The van der Waals surface area contributed by atoms with E-state index in [1.165, 1.54) is 32.3 Å². The largest absolute Gasteiger partial charge is 0.309 e. The molecule has 0 spiro atoms. The van der Waals surface area contributed by atoms with Crippen molar-refractivity contribution in [3.05, 3.63) is 158 Å². The SMILES string of the molecule is O=P(c1ccccc1)(c1ccccc1)c1ccc(-c2c3ccc4ccccc4c3cc3c2ccc2ccccc23)nc1. The lowest BCUT2D eigenvalue weighted by Gasteiger charge is -2.20. The molecule has 0 aliphatic heterocycles. The van der Waals surface area contributed by atoms with Crippen molar-refractivity contribution < 1.29 is 4.57 Å². The minimum absolute atomic E-state index is 0.726. The smallest absolute Gasteiger partial charge is 0.172 e. The van der Waals surface area contributed by atoms with Crippen molar-refractivity contribution in [2.75, 3.05) is 0 Å². The second-order valence-corrected chi connectivity index (χ2v) is 13.5. The van der Waals surface area contributed by atoms with Crippen LogP contribution in [0.4, 0.5) is 0 Å². The van der Waals surface area contributed by atoms with Gasteiger partial charge in [0.2, 0.25) is 0 Å². The van der Waals surface area contributed by atoms with Gasteiger partial charge in [-0.3, -0.25) is 4.98 Å². The van der Waals surface area contributed by atoms with Crippen molar-refractivity contribution >= 4 is 66.1 Å². The topological polar surface area (TPSA) is 30.0 Å². The van der Waals surface area contributed by atoms with E-state index in [-0.39, 0.29) is 0 Å². The van der Waals surface area contributed by atoms with Crippen molar-refractivity contribution in [1.82, 2.24) is 4.98 Å². The fourth-order valence-corrected chi connectivity index (χ4v) is 8.93. The molecule has 8 rings (SSSR count). The molecule has 7 aromatic carbocycles. The van der Waals surface area contributed by atoms with Crippen molar-refractivity contribution in [3.63, 3.8) is 0 Å². The Morgan fingerprint density at radius 3 is 1.40 bits per heavy atom. The number of fused-ring (bicyclic) bond motifs is 6. The van der Waals surface area contributed by atoms with Crippen molar-refractivity contribution in [3.8, 4) is 11.3 Å². The molecule has 0 unspecified atom stereocenters. The first-order valence-corrected chi connectivity index (χ1v) is 15.9. The zero-order chi connectivity index (χ0) is 28.1. The van der Waals surface area contributed by atoms with Gasteiger partial charge in [0.1, 0.15) is 0 Å². The van der Waals surface area contributed by atoms with Crippen LogP contribution >= 0.6 is 7.14 Å². The lowest BCUT2D eigenvalue weighted by Crippen LogP contribution is -2.25. The van der Waals surface area contributed by atoms with Crippen LogP contribution in [-0.4, -0.2) is 4.98 Å². The zero-order valence-corrected chi connectivity index (χ0v) is 23.7. The Morgan fingerprint density at radius 2 is 0.905 bits per heavy atom. The summed E-state index contributed by atoms with van der Waals surface area (Å²) in [5, 5.41) is 11.9. The highest BCUT2D eigenvalue weighted by Crippen LogP contribution is 2.44. The molecule has 0 saturated carbocycles. The summed E-state index contributed by atoms with van der Waals surface area (Å²) in [6.07, 6.45) is 1.82. The predicted molar refractivity (Wildman–Crippen MR) is 179 cm³/mol. The Bertz CT molecular complexity index is 2170. The van der Waals surface area contributed by atoms with Gasteiger partial charge in [0.25, 0.3) is 0 Å². The van der Waals surface area contributed by atoms with Gasteiger partial charge in [0.05, 0.1) is 5.69 Å². The first kappa shape index (κ1) is 24.7. The van der Waals surface area contributed by atoms with Crippen LogP contribution in [0.15, 0.2) is 158 Å². The number of nitrogens with zero attached hydrogens (tertiary/aromatic N) is 1. The summed E-state index contributed by atoms with van der Waals surface area (Å²) < 4.78 is 14.9. The maximum absolute atomic E-state index is 14.9. The Kier molecular flexibility index (Phi) is 5.77. The summed E-state index contributed by atoms with van der Waals surface area (Å²) in [5.41, 5.74) is 1.97. The molecular weight excluding hydrogens is 529 g/mol. The molecule has 0 saturated heterocycles. The van der Waals surface area contributed by atoms with Gasteiger partial charge < -0.3 is 4.57 Å². The molecule has 1 heterocycles. The van der Waals surface area contributed by atoms with Gasteiger partial charge in [-0.15, -0.1) is 0 Å². The van der Waals surface area contributed by atoms with Crippen LogP contribution in [0.5, 0.6) is 0 Å². The van der Waals surface area contributed by atoms with Crippen LogP contribution < -0.4 is 15.9 Å². The normalized spacial score (nSPS) is 11.9. The van der Waals surface area contributed by atoms with E-state index in [1.54, 1.807) is 0 Å². The Balaban J connectivity index is 1.41. The molecule has 0 amide bonds. The van der Waals surface area contributed by atoms with E-state index in [0.29, 0.717) is 0 Å².